The first kappa shape index (κ1) is 7.19. The van der Waals surface area contributed by atoms with E-state index in [-0.39, 0.29) is 0 Å². The van der Waals surface area contributed by atoms with Crippen molar-refractivity contribution in [2.75, 3.05) is 0 Å². The number of hydrogen-bond donors (Lipinski definition) is 1. The number of fused-ring (bicyclic) bond motifs is 1. The van der Waals surface area contributed by atoms with E-state index in [1.54, 1.807) is 11.8 Å². The average molecular weight is 166 g/mol. The molecule has 1 atom stereocenters. The average Bonchev–Trinajstić information content (AvgIpc) is 2.21. The molecule has 1 aliphatic rings. The summed E-state index contributed by atoms with van der Waals surface area (Å²) in [5, 5.41) is 9.68. The quantitative estimate of drug-likeness (QED) is 0.636. The number of hydrogen-bond acceptors (Lipinski definition) is 2. The third-order valence-corrected chi connectivity index (χ3v) is 3.02. The normalized spacial score (nSPS) is 28.5. The van der Waals surface area contributed by atoms with Crippen LogP contribution in [0.4, 0.5) is 0 Å². The number of rotatable bonds is 0. The number of thioether (sulfide) groups is 1. The molecule has 1 aliphatic heterocycles. The maximum Gasteiger partial charge on any atom is 0.116 e. The van der Waals surface area contributed by atoms with Gasteiger partial charge in [-0.15, -0.1) is 0 Å². The molecule has 58 valence electrons. The Kier molecular flexibility index (Phi) is 1.48. The molecule has 1 N–H and O–H groups in total. The summed E-state index contributed by atoms with van der Waals surface area (Å²) in [5.41, 5.74) is 1.27. The van der Waals surface area contributed by atoms with Crippen LogP contribution >= 0.6 is 11.8 Å². The van der Waals surface area contributed by atoms with E-state index in [0.29, 0.717) is 0 Å². The van der Waals surface area contributed by atoms with Gasteiger partial charge in [-0.3, -0.25) is 0 Å². The largest absolute Gasteiger partial charge is 0.379 e. The Bertz CT molecular complexity index is 254. The second-order valence-corrected chi connectivity index (χ2v) is 4.59. The lowest BCUT2D eigenvalue weighted by Crippen LogP contribution is -2.16. The molecule has 0 saturated carbocycles. The van der Waals surface area contributed by atoms with Crippen LogP contribution in [0.25, 0.3) is 0 Å². The molecule has 1 aromatic rings. The molecule has 0 bridgehead atoms. The van der Waals surface area contributed by atoms with Crippen LogP contribution in [0.15, 0.2) is 29.2 Å². The highest BCUT2D eigenvalue weighted by Gasteiger charge is 2.30. The fourth-order valence-corrected chi connectivity index (χ4v) is 2.50. The molecule has 0 saturated heterocycles. The van der Waals surface area contributed by atoms with Crippen molar-refractivity contribution in [3.05, 3.63) is 29.8 Å². The molecule has 2 heteroatoms. The summed E-state index contributed by atoms with van der Waals surface area (Å²) in [5.74, 6) is 0. The molecule has 1 heterocycles. The van der Waals surface area contributed by atoms with Gasteiger partial charge >= 0.3 is 0 Å². The molecule has 0 spiro atoms. The molecule has 1 unspecified atom stereocenters. The summed E-state index contributed by atoms with van der Waals surface area (Å²) in [4.78, 5) is 0.640. The SMILES string of the molecule is CC1(O)Cc2ccccc2S1. The molecule has 2 rings (SSSR count). The van der Waals surface area contributed by atoms with Crippen LogP contribution < -0.4 is 0 Å². The number of aliphatic hydroxyl groups is 1. The van der Waals surface area contributed by atoms with E-state index >= 15 is 0 Å². The van der Waals surface area contributed by atoms with Gasteiger partial charge in [0.05, 0.1) is 0 Å². The van der Waals surface area contributed by atoms with Gasteiger partial charge < -0.3 is 5.11 Å². The highest BCUT2D eigenvalue weighted by molar-refractivity contribution is 8.00. The zero-order valence-electron chi connectivity index (χ0n) is 6.37. The molecule has 0 aromatic heterocycles. The monoisotopic (exact) mass is 166 g/mol. The lowest BCUT2D eigenvalue weighted by Gasteiger charge is -2.12. The van der Waals surface area contributed by atoms with E-state index in [1.165, 1.54) is 10.5 Å². The maximum absolute atomic E-state index is 9.68. The van der Waals surface area contributed by atoms with Crippen LogP contribution in [0, 0.1) is 0 Å². The topological polar surface area (TPSA) is 20.2 Å². The summed E-state index contributed by atoms with van der Waals surface area (Å²) in [6.45, 7) is 1.86. The summed E-state index contributed by atoms with van der Waals surface area (Å²) < 4.78 is 0. The van der Waals surface area contributed by atoms with Gasteiger partial charge in [0.1, 0.15) is 4.93 Å². The fourth-order valence-electron chi connectivity index (χ4n) is 1.38. The Morgan fingerprint density at radius 1 is 1.45 bits per heavy atom. The molecule has 0 fully saturated rings. The van der Waals surface area contributed by atoms with Gasteiger partial charge in [0, 0.05) is 11.3 Å². The van der Waals surface area contributed by atoms with E-state index in [1.807, 2.05) is 19.1 Å². The Hall–Kier alpha value is -0.470. The predicted octanol–water partition coefficient (Wildman–Crippen LogP) is 2.04. The Morgan fingerprint density at radius 3 is 2.91 bits per heavy atom. The van der Waals surface area contributed by atoms with Crippen LogP contribution in [-0.4, -0.2) is 10.0 Å². The standard InChI is InChI=1S/C9H10OS/c1-9(10)6-7-4-2-3-5-8(7)11-9/h2-5,10H,6H2,1H3. The van der Waals surface area contributed by atoms with Crippen molar-refractivity contribution in [2.45, 2.75) is 23.2 Å². The van der Waals surface area contributed by atoms with E-state index in [4.69, 9.17) is 0 Å². The minimum absolute atomic E-state index is 0.580. The highest BCUT2D eigenvalue weighted by atomic mass is 32.2. The third-order valence-electron chi connectivity index (χ3n) is 1.82. The van der Waals surface area contributed by atoms with Crippen molar-refractivity contribution in [1.29, 1.82) is 0 Å². The van der Waals surface area contributed by atoms with E-state index < -0.39 is 4.93 Å². The molecular weight excluding hydrogens is 156 g/mol. The lowest BCUT2D eigenvalue weighted by atomic mass is 10.1. The minimum Gasteiger partial charge on any atom is -0.379 e. The first-order valence-corrected chi connectivity index (χ1v) is 4.48. The van der Waals surface area contributed by atoms with Gasteiger partial charge in [0.15, 0.2) is 0 Å². The summed E-state index contributed by atoms with van der Waals surface area (Å²) in [7, 11) is 0. The first-order valence-electron chi connectivity index (χ1n) is 3.67. The summed E-state index contributed by atoms with van der Waals surface area (Å²) >= 11 is 1.55. The summed E-state index contributed by atoms with van der Waals surface area (Å²) in [6.07, 6.45) is 0.772. The maximum atomic E-state index is 9.68. The zero-order valence-corrected chi connectivity index (χ0v) is 7.19. The number of benzene rings is 1. The van der Waals surface area contributed by atoms with Gasteiger partial charge in [-0.05, 0) is 18.6 Å². The lowest BCUT2D eigenvalue weighted by molar-refractivity contribution is 0.162. The van der Waals surface area contributed by atoms with Crippen LogP contribution in [0.5, 0.6) is 0 Å². The van der Waals surface area contributed by atoms with Gasteiger partial charge in [0.25, 0.3) is 0 Å². The van der Waals surface area contributed by atoms with Gasteiger partial charge in [-0.2, -0.15) is 0 Å². The Labute approximate surface area is 70.4 Å². The van der Waals surface area contributed by atoms with Crippen LogP contribution in [0.3, 0.4) is 0 Å². The van der Waals surface area contributed by atoms with Crippen molar-refractivity contribution >= 4 is 11.8 Å². The molecule has 0 amide bonds. The zero-order chi connectivity index (χ0) is 7.90. The Balaban J connectivity index is 2.41. The predicted molar refractivity (Wildman–Crippen MR) is 46.6 cm³/mol. The van der Waals surface area contributed by atoms with Gasteiger partial charge in [0.2, 0.25) is 0 Å². The summed E-state index contributed by atoms with van der Waals surface area (Å²) in [6, 6.07) is 8.15. The Morgan fingerprint density at radius 2 is 2.18 bits per heavy atom. The minimum atomic E-state index is -0.580. The first-order chi connectivity index (χ1) is 5.17. The smallest absolute Gasteiger partial charge is 0.116 e. The van der Waals surface area contributed by atoms with Gasteiger partial charge in [-0.25, -0.2) is 0 Å². The fraction of sp³-hybridized carbons (Fsp3) is 0.333. The van der Waals surface area contributed by atoms with Crippen molar-refractivity contribution in [3.63, 3.8) is 0 Å². The second kappa shape index (κ2) is 2.26. The van der Waals surface area contributed by atoms with Crippen LogP contribution in [0.2, 0.25) is 0 Å². The van der Waals surface area contributed by atoms with Crippen molar-refractivity contribution in [3.8, 4) is 0 Å². The molecule has 0 aliphatic carbocycles. The van der Waals surface area contributed by atoms with Crippen molar-refractivity contribution in [1.82, 2.24) is 0 Å². The van der Waals surface area contributed by atoms with E-state index in [9.17, 15) is 5.11 Å². The van der Waals surface area contributed by atoms with Crippen molar-refractivity contribution < 1.29 is 5.11 Å². The molecule has 1 aromatic carbocycles. The second-order valence-electron chi connectivity index (χ2n) is 3.06. The molecule has 1 nitrogen and oxygen atoms in total. The third kappa shape index (κ3) is 1.28. The van der Waals surface area contributed by atoms with Gasteiger partial charge in [-0.1, -0.05) is 30.0 Å². The molecule has 0 radical (unpaired) electrons. The van der Waals surface area contributed by atoms with E-state index in [2.05, 4.69) is 12.1 Å². The molecular formula is C9H10OS. The van der Waals surface area contributed by atoms with E-state index in [0.717, 1.165) is 6.42 Å². The van der Waals surface area contributed by atoms with Crippen LogP contribution in [0.1, 0.15) is 12.5 Å². The molecule has 11 heavy (non-hydrogen) atoms. The highest BCUT2D eigenvalue weighted by Crippen LogP contribution is 2.42. The van der Waals surface area contributed by atoms with Crippen LogP contribution in [-0.2, 0) is 6.42 Å². The van der Waals surface area contributed by atoms with Crippen molar-refractivity contribution in [2.24, 2.45) is 0 Å².